The van der Waals surface area contributed by atoms with E-state index in [1.54, 1.807) is 6.92 Å². The largest absolute Gasteiger partial charge is 0.465 e. The molecule has 1 N–H and O–H groups in total. The molecule has 1 fully saturated rings. The fraction of sp³-hybridized carbons (Fsp3) is 0.303. The van der Waals surface area contributed by atoms with Crippen LogP contribution < -0.4 is 5.32 Å². The summed E-state index contributed by atoms with van der Waals surface area (Å²) >= 11 is 0. The number of carbonyl (C=O) groups excluding carboxylic acids is 2. The highest BCUT2D eigenvalue weighted by Crippen LogP contribution is 2.43. The van der Waals surface area contributed by atoms with Crippen molar-refractivity contribution >= 4 is 17.7 Å². The highest BCUT2D eigenvalue weighted by Gasteiger charge is 2.44. The van der Waals surface area contributed by atoms with E-state index >= 15 is 0 Å². The molecule has 206 valence electrons. The number of rotatable bonds is 8. The molecule has 1 aliphatic carbocycles. The predicted molar refractivity (Wildman–Crippen MR) is 154 cm³/mol. The first-order chi connectivity index (χ1) is 19.4. The van der Waals surface area contributed by atoms with E-state index in [9.17, 15) is 9.59 Å². The Morgan fingerprint density at radius 3 is 2.15 bits per heavy atom. The van der Waals surface area contributed by atoms with Crippen molar-refractivity contribution in [1.82, 2.24) is 5.16 Å². The lowest BCUT2D eigenvalue weighted by Gasteiger charge is -2.27. The summed E-state index contributed by atoms with van der Waals surface area (Å²) in [6.07, 6.45) is 2.73. The molecule has 3 aromatic carbocycles. The molecule has 0 radical (unpaired) electrons. The van der Waals surface area contributed by atoms with E-state index in [1.165, 1.54) is 0 Å². The Hall–Kier alpha value is -4.39. The third-order valence-electron chi connectivity index (χ3n) is 7.68. The summed E-state index contributed by atoms with van der Waals surface area (Å²) in [6.45, 7) is 5.84. The molecule has 0 unspecified atom stereocenters. The molecule has 5 rings (SSSR count). The second kappa shape index (κ2) is 11.8. The van der Waals surface area contributed by atoms with Crippen LogP contribution in [0.1, 0.15) is 62.5 Å². The molecule has 7 heteroatoms. The van der Waals surface area contributed by atoms with Crippen molar-refractivity contribution in [3.8, 4) is 22.5 Å². The number of anilines is 1. The minimum Gasteiger partial charge on any atom is -0.465 e. The number of carbonyl (C=O) groups is 2. The van der Waals surface area contributed by atoms with E-state index in [0.717, 1.165) is 53.5 Å². The van der Waals surface area contributed by atoms with E-state index in [0.29, 0.717) is 23.7 Å². The topological polar surface area (TPSA) is 90.7 Å². The van der Waals surface area contributed by atoms with Gasteiger partial charge in [-0.15, -0.1) is 0 Å². The average Bonchev–Trinajstić information content (AvgIpc) is 3.62. The van der Waals surface area contributed by atoms with Gasteiger partial charge in [0, 0.05) is 5.56 Å². The summed E-state index contributed by atoms with van der Waals surface area (Å²) < 4.78 is 16.6. The normalized spacial score (nSPS) is 14.9. The number of nitrogens with one attached hydrogen (secondary N) is 1. The molecular weight excluding hydrogens is 504 g/mol. The molecule has 1 aromatic heterocycles. The summed E-state index contributed by atoms with van der Waals surface area (Å²) in [7, 11) is 0. The second-order valence-corrected chi connectivity index (χ2v) is 10.2. The van der Waals surface area contributed by atoms with Crippen molar-refractivity contribution in [2.75, 3.05) is 11.9 Å². The van der Waals surface area contributed by atoms with Crippen LogP contribution in [0, 0.1) is 6.92 Å². The van der Waals surface area contributed by atoms with E-state index in [1.807, 2.05) is 68.4 Å². The van der Waals surface area contributed by atoms with Gasteiger partial charge in [-0.3, -0.25) is 10.1 Å². The molecule has 1 atom stereocenters. The van der Waals surface area contributed by atoms with Crippen LogP contribution in [0.2, 0.25) is 0 Å². The molecule has 0 saturated heterocycles. The summed E-state index contributed by atoms with van der Waals surface area (Å²) in [5.41, 5.74) is 5.26. The van der Waals surface area contributed by atoms with Crippen molar-refractivity contribution in [3.05, 3.63) is 95.7 Å². The number of hydrogen-bond donors (Lipinski definition) is 1. The fourth-order valence-corrected chi connectivity index (χ4v) is 5.45. The Morgan fingerprint density at radius 1 is 0.925 bits per heavy atom. The smallest absolute Gasteiger partial charge is 0.412 e. The van der Waals surface area contributed by atoms with E-state index in [2.05, 4.69) is 34.7 Å². The van der Waals surface area contributed by atoms with Gasteiger partial charge < -0.3 is 14.0 Å². The quantitative estimate of drug-likeness (QED) is 0.229. The van der Waals surface area contributed by atoms with Crippen LogP contribution in [-0.4, -0.2) is 23.8 Å². The van der Waals surface area contributed by atoms with Crippen LogP contribution >= 0.6 is 0 Å². The minimum absolute atomic E-state index is 0.116. The molecule has 0 spiro atoms. The highest BCUT2D eigenvalue weighted by atomic mass is 16.6. The van der Waals surface area contributed by atoms with Crippen molar-refractivity contribution < 1.29 is 23.6 Å². The first kappa shape index (κ1) is 27.2. The van der Waals surface area contributed by atoms with Gasteiger partial charge >= 0.3 is 12.1 Å². The highest BCUT2D eigenvalue weighted by molar-refractivity contribution is 5.91. The fourth-order valence-electron chi connectivity index (χ4n) is 5.45. The number of aromatic nitrogens is 1. The monoisotopic (exact) mass is 538 g/mol. The number of hydrogen-bond acceptors (Lipinski definition) is 6. The number of esters is 1. The first-order valence-electron chi connectivity index (χ1n) is 13.8. The maximum absolute atomic E-state index is 12.8. The van der Waals surface area contributed by atoms with Gasteiger partial charge in [-0.25, -0.2) is 4.79 Å². The average molecular weight is 539 g/mol. The predicted octanol–water partition coefficient (Wildman–Crippen LogP) is 8.00. The third-order valence-corrected chi connectivity index (χ3v) is 7.68. The number of nitrogens with zero attached hydrogens (tertiary/aromatic N) is 1. The zero-order valence-corrected chi connectivity index (χ0v) is 23.1. The molecule has 0 bridgehead atoms. The Labute approximate surface area is 234 Å². The Morgan fingerprint density at radius 2 is 1.52 bits per heavy atom. The minimum atomic E-state index is -0.580. The lowest BCUT2D eigenvalue weighted by Crippen LogP contribution is -2.34. The molecule has 7 nitrogen and oxygen atoms in total. The first-order valence-corrected chi connectivity index (χ1v) is 13.8. The standard InChI is InChI=1S/C33H34N2O5/c1-4-38-31(36)33(20-8-9-21-33)28-18-16-26(17-19-28)25-12-14-27(15-13-25)30-29(22(2)35-40-30)34-32(37)39-23(3)24-10-6-5-7-11-24/h5-7,10-19,23H,4,8-9,20-21H2,1-3H3,(H,34,37)/t23-/m1/s1. The lowest BCUT2D eigenvalue weighted by molar-refractivity contribution is -0.150. The van der Waals surface area contributed by atoms with Gasteiger partial charge in [-0.1, -0.05) is 96.9 Å². The molecule has 0 aliphatic heterocycles. The van der Waals surface area contributed by atoms with Gasteiger partial charge in [-0.05, 0) is 55.9 Å². The third kappa shape index (κ3) is 5.50. The van der Waals surface area contributed by atoms with Crippen molar-refractivity contribution in [2.24, 2.45) is 0 Å². The second-order valence-electron chi connectivity index (χ2n) is 10.2. The summed E-state index contributed by atoms with van der Waals surface area (Å²) in [6, 6.07) is 25.6. The van der Waals surface area contributed by atoms with Crippen molar-refractivity contribution in [2.45, 2.75) is 58.0 Å². The molecule has 1 heterocycles. The number of aryl methyl sites for hydroxylation is 1. The van der Waals surface area contributed by atoms with Crippen LogP contribution in [0.3, 0.4) is 0 Å². The van der Waals surface area contributed by atoms with Gasteiger partial charge in [0.1, 0.15) is 17.5 Å². The number of amides is 1. The maximum atomic E-state index is 12.8. The van der Waals surface area contributed by atoms with Gasteiger partial charge in [-0.2, -0.15) is 0 Å². The van der Waals surface area contributed by atoms with Crippen LogP contribution in [0.4, 0.5) is 10.5 Å². The van der Waals surface area contributed by atoms with E-state index < -0.39 is 17.6 Å². The Kier molecular flexibility index (Phi) is 8.01. The molecule has 40 heavy (non-hydrogen) atoms. The van der Waals surface area contributed by atoms with Gasteiger partial charge in [0.2, 0.25) is 0 Å². The zero-order chi connectivity index (χ0) is 28.1. The van der Waals surface area contributed by atoms with E-state index in [4.69, 9.17) is 14.0 Å². The number of ether oxygens (including phenoxy) is 2. The molecule has 4 aromatic rings. The van der Waals surface area contributed by atoms with Gasteiger partial charge in [0.05, 0.1) is 12.0 Å². The number of benzene rings is 3. The van der Waals surface area contributed by atoms with Crippen molar-refractivity contribution in [1.29, 1.82) is 0 Å². The van der Waals surface area contributed by atoms with Crippen molar-refractivity contribution in [3.63, 3.8) is 0 Å². The van der Waals surface area contributed by atoms with Gasteiger partial charge in [0.15, 0.2) is 5.76 Å². The molecular formula is C33H34N2O5. The van der Waals surface area contributed by atoms with Crippen LogP contribution in [0.25, 0.3) is 22.5 Å². The van der Waals surface area contributed by atoms with Crippen LogP contribution in [0.5, 0.6) is 0 Å². The Balaban J connectivity index is 1.30. The zero-order valence-electron chi connectivity index (χ0n) is 23.1. The summed E-state index contributed by atoms with van der Waals surface area (Å²) in [5, 5.41) is 6.87. The SMILES string of the molecule is CCOC(=O)C1(c2ccc(-c3ccc(-c4onc(C)c4NC(=O)O[C@H](C)c4ccccc4)cc3)cc2)CCCC1. The molecule has 1 aliphatic rings. The Bertz CT molecular complexity index is 1450. The molecule has 1 amide bonds. The van der Waals surface area contributed by atoms with Crippen LogP contribution in [-0.2, 0) is 19.7 Å². The lowest BCUT2D eigenvalue weighted by atomic mass is 9.78. The van der Waals surface area contributed by atoms with Crippen LogP contribution in [0.15, 0.2) is 83.4 Å². The summed E-state index contributed by atoms with van der Waals surface area (Å²) in [5.74, 6) is 0.344. The van der Waals surface area contributed by atoms with Gasteiger partial charge in [0.25, 0.3) is 0 Å². The summed E-state index contributed by atoms with van der Waals surface area (Å²) in [4.78, 5) is 25.5. The maximum Gasteiger partial charge on any atom is 0.412 e. The molecule has 1 saturated carbocycles. The van der Waals surface area contributed by atoms with E-state index in [-0.39, 0.29) is 5.97 Å².